The Balaban J connectivity index is 0.000000141. The van der Waals surface area contributed by atoms with Gasteiger partial charge in [0.15, 0.2) is 11.5 Å². The van der Waals surface area contributed by atoms with Gasteiger partial charge in [-0.25, -0.2) is 0 Å². The molecule has 2 N–H and O–H groups in total. The molecule has 121 heavy (non-hydrogen) atoms. The van der Waals surface area contributed by atoms with Crippen LogP contribution in [0.4, 0.5) is 22.7 Å². The van der Waals surface area contributed by atoms with Crippen LogP contribution in [0.3, 0.4) is 0 Å². The molecule has 20 rings (SSSR count). The first-order valence-corrected chi connectivity index (χ1v) is 46.2. The fraction of sp³-hybridized carbons (Fsp3) is 0.111. The molecule has 0 spiro atoms. The van der Waals surface area contributed by atoms with Gasteiger partial charge in [-0.05, 0) is 158 Å². The standard InChI is InChI=1S/2C47H39N3O3.2C7H7.Hf/c2*1-30-26-37(46(51)44(28-30)49-39-20-10-5-14-32(39)33-15-6-11-21-40(33)49)36-18-4-9-19-38(36)48(24-25-53-3)43-27-31(2)29-45(47(43)52)50-41-22-12-7-16-34(41)35-17-8-13-23-42(35)50;2*1-7-5-3-2-4-6-7;/h2*4-23,26-29,51-52H,24-25H2,1-3H3;2*2-6H,1H2;/q;;;;+2/p-2. The van der Waals surface area contributed by atoms with Crippen LogP contribution in [-0.4, -0.2) is 69.0 Å². The molecule has 0 radical (unpaired) electrons. The van der Waals surface area contributed by atoms with Crippen molar-refractivity contribution in [1.29, 1.82) is 0 Å². The minimum absolute atomic E-state index is 0.0688. The molecule has 20 aromatic rings. The zero-order chi connectivity index (χ0) is 82.8. The number of phenolic OH excluding ortho intramolecular Hbond substituents is 2. The summed E-state index contributed by atoms with van der Waals surface area (Å²) >= 11 is -0.471. The summed E-state index contributed by atoms with van der Waals surface area (Å²) in [5, 5.41) is 63.5. The zero-order valence-corrected chi connectivity index (χ0v) is 72.0. The summed E-state index contributed by atoms with van der Waals surface area (Å²) < 4.78 is 22.5. The van der Waals surface area contributed by atoms with E-state index in [0.717, 1.165) is 132 Å². The van der Waals surface area contributed by atoms with Gasteiger partial charge in [0.25, 0.3) is 0 Å². The third-order valence-electron chi connectivity index (χ3n) is 23.1. The SMILES string of the molecule is COCCN(c1ccccc1-c1cc(C)cc(-n2c3ccccc3c3ccccc32)c1[O-])c1cc(C)cc(-n2c3ccccc3c3ccccc32)c1O.COCCN(c1ccccc1-c1cc(C)cc(-n2c3ccccc3c3ccccc32)c1[O-])c1cc(C)cc(-n2c3ccccc3c3ccccc32)c1O.c1ccc([CH2][Hf+2][CH2]c2ccccc2)cc1. The first-order chi connectivity index (χ1) is 59.3. The van der Waals surface area contributed by atoms with E-state index in [9.17, 15) is 20.4 Å². The molecule has 0 aliphatic carbocycles. The van der Waals surface area contributed by atoms with Crippen molar-refractivity contribution in [3.8, 4) is 68.0 Å². The second-order valence-corrected chi connectivity index (χ2v) is 35.3. The monoisotopic (exact) mass is 1750 g/mol. The number of aromatic hydroxyl groups is 2. The van der Waals surface area contributed by atoms with Gasteiger partial charge in [0, 0.05) is 104 Å². The molecule has 16 aromatic carbocycles. The van der Waals surface area contributed by atoms with E-state index in [1.54, 1.807) is 14.2 Å². The maximum absolute atomic E-state index is 14.9. The first kappa shape index (κ1) is 78.5. The number of para-hydroxylation sites is 10. The van der Waals surface area contributed by atoms with Gasteiger partial charge in [-0.15, -0.1) is 0 Å². The molecule has 12 nitrogen and oxygen atoms in total. The third kappa shape index (κ3) is 14.9. The van der Waals surface area contributed by atoms with E-state index < -0.39 is 22.9 Å². The predicted molar refractivity (Wildman–Crippen MR) is 493 cm³/mol. The molecule has 0 unspecified atom stereocenters. The number of hydrogen-bond donors (Lipinski definition) is 2. The zero-order valence-electron chi connectivity index (χ0n) is 68.4. The molecule has 0 aliphatic rings. The summed E-state index contributed by atoms with van der Waals surface area (Å²) in [6.07, 6.45) is 0. The van der Waals surface area contributed by atoms with E-state index in [1.807, 2.05) is 208 Å². The van der Waals surface area contributed by atoms with Crippen LogP contribution in [-0.2, 0) is 40.7 Å². The van der Waals surface area contributed by atoms with E-state index in [1.165, 1.54) is 19.5 Å². The Labute approximate surface area is 715 Å². The Morgan fingerprint density at radius 3 is 0.802 bits per heavy atom. The number of nitrogens with zero attached hydrogens (tertiary/aromatic N) is 6. The van der Waals surface area contributed by atoms with Gasteiger partial charge in [-0.3, -0.25) is 0 Å². The summed E-state index contributed by atoms with van der Waals surface area (Å²) in [4.78, 5) is 4.17. The molecular weight excluding hydrogens is 1660 g/mol. The number of aryl methyl sites for hydroxylation is 4. The third-order valence-corrected chi connectivity index (χ3v) is 27.8. The molecule has 0 fully saturated rings. The number of ether oxygens (including phenoxy) is 2. The number of anilines is 4. The number of methoxy groups -OCH3 is 2. The van der Waals surface area contributed by atoms with Crippen LogP contribution in [0, 0.1) is 27.7 Å². The van der Waals surface area contributed by atoms with Gasteiger partial charge in [0.2, 0.25) is 0 Å². The fourth-order valence-corrected chi connectivity index (χ4v) is 21.9. The summed E-state index contributed by atoms with van der Waals surface area (Å²) in [6, 6.07) is 120. The van der Waals surface area contributed by atoms with Crippen LogP contribution in [0.5, 0.6) is 23.0 Å². The normalized spacial score (nSPS) is 11.4. The van der Waals surface area contributed by atoms with E-state index in [-0.39, 0.29) is 23.0 Å². The van der Waals surface area contributed by atoms with E-state index in [4.69, 9.17) is 9.47 Å². The number of aromatic nitrogens is 4. The Morgan fingerprint density at radius 1 is 0.273 bits per heavy atom. The Morgan fingerprint density at radius 2 is 0.512 bits per heavy atom. The van der Waals surface area contributed by atoms with Crippen molar-refractivity contribution in [3.63, 3.8) is 0 Å². The average Bonchev–Trinajstić information content (AvgIpc) is 1.59. The molecule has 592 valence electrons. The number of hydrogen-bond acceptors (Lipinski definition) is 8. The van der Waals surface area contributed by atoms with E-state index in [0.29, 0.717) is 71.6 Å². The van der Waals surface area contributed by atoms with Gasteiger partial charge in [-0.2, -0.15) is 0 Å². The van der Waals surface area contributed by atoms with Crippen LogP contribution in [0.25, 0.3) is 132 Å². The summed E-state index contributed by atoms with van der Waals surface area (Å²) in [7, 11) is 3.36. The van der Waals surface area contributed by atoms with E-state index in [2.05, 4.69) is 200 Å². The molecule has 4 aromatic heterocycles. The van der Waals surface area contributed by atoms with Crippen molar-refractivity contribution >= 4 is 110 Å². The minimum atomic E-state index is -0.471. The van der Waals surface area contributed by atoms with Gasteiger partial charge < -0.3 is 58.0 Å². The topological polar surface area (TPSA) is 131 Å². The quantitative estimate of drug-likeness (QED) is 0.0722. The molecule has 0 aliphatic heterocycles. The fourth-order valence-electron chi connectivity index (χ4n) is 17.7. The maximum atomic E-state index is 14.9. The summed E-state index contributed by atoms with van der Waals surface area (Å²) in [5.74, 6) is 0.150. The van der Waals surface area contributed by atoms with Gasteiger partial charge in [0.05, 0.1) is 80.1 Å². The second-order valence-electron chi connectivity index (χ2n) is 31.0. The van der Waals surface area contributed by atoms with Crippen molar-refractivity contribution in [3.05, 3.63) is 385 Å². The van der Waals surface area contributed by atoms with Crippen LogP contribution >= 0.6 is 0 Å². The Kier molecular flexibility index (Phi) is 22.3. The predicted octanol–water partition coefficient (Wildman–Crippen LogP) is 24.9. The van der Waals surface area contributed by atoms with Crippen molar-refractivity contribution in [1.82, 2.24) is 18.3 Å². The Bertz CT molecular complexity index is 6600. The molecule has 0 saturated heterocycles. The molecule has 0 amide bonds. The summed E-state index contributed by atoms with van der Waals surface area (Å²) in [5.41, 5.74) is 23.1. The Hall–Kier alpha value is -13.7. The van der Waals surface area contributed by atoms with Crippen LogP contribution in [0.1, 0.15) is 33.4 Å². The first-order valence-electron chi connectivity index (χ1n) is 41.1. The van der Waals surface area contributed by atoms with E-state index >= 15 is 0 Å². The van der Waals surface area contributed by atoms with Gasteiger partial charge >= 0.3 is 103 Å². The average molecular weight is 1750 g/mol. The molecule has 4 heterocycles. The van der Waals surface area contributed by atoms with Crippen LogP contribution in [0.15, 0.2) is 352 Å². The van der Waals surface area contributed by atoms with Gasteiger partial charge in [-0.1, -0.05) is 206 Å². The molecular formula is C108H90HfN6O6. The molecule has 0 saturated carbocycles. The van der Waals surface area contributed by atoms with Crippen LogP contribution in [0.2, 0.25) is 0 Å². The second kappa shape index (κ2) is 34.3. The molecule has 0 atom stereocenters. The van der Waals surface area contributed by atoms with Crippen LogP contribution < -0.4 is 20.0 Å². The molecule has 0 bridgehead atoms. The summed E-state index contributed by atoms with van der Waals surface area (Å²) in [6.45, 7) is 9.86. The number of rotatable bonds is 20. The number of fused-ring (bicyclic) bond motifs is 12. The van der Waals surface area contributed by atoms with Gasteiger partial charge in [0.1, 0.15) is 0 Å². The molecule has 13 heteroatoms. The van der Waals surface area contributed by atoms with Crippen molar-refractivity contribution < 1.29 is 52.8 Å². The van der Waals surface area contributed by atoms with Crippen molar-refractivity contribution in [2.75, 3.05) is 50.3 Å². The number of benzene rings is 16. The number of phenols is 2. The van der Waals surface area contributed by atoms with Crippen molar-refractivity contribution in [2.45, 2.75) is 36.0 Å². The van der Waals surface area contributed by atoms with Crippen molar-refractivity contribution in [2.24, 2.45) is 0 Å².